The summed E-state index contributed by atoms with van der Waals surface area (Å²) in [6, 6.07) is 11.5. The molecule has 2 aromatic carbocycles. The van der Waals surface area contributed by atoms with Crippen LogP contribution in [0, 0.1) is 0 Å². The number of rotatable bonds is 9. The second-order valence-electron chi connectivity index (χ2n) is 9.82. The van der Waals surface area contributed by atoms with Crippen LogP contribution in [0.5, 0.6) is 11.5 Å². The first-order valence-corrected chi connectivity index (χ1v) is 13.2. The lowest BCUT2D eigenvalue weighted by molar-refractivity contribution is -0.127. The fraction of sp³-hybridized carbons (Fsp3) is 0.290. The summed E-state index contributed by atoms with van der Waals surface area (Å²) < 4.78 is 11.3. The van der Waals surface area contributed by atoms with Gasteiger partial charge in [-0.1, -0.05) is 49.3 Å². The van der Waals surface area contributed by atoms with Crippen LogP contribution in [0.4, 0.5) is 11.8 Å². The maximum atomic E-state index is 13.5. The van der Waals surface area contributed by atoms with Crippen LogP contribution in [0.25, 0.3) is 6.08 Å². The number of methoxy groups -OCH3 is 2. The van der Waals surface area contributed by atoms with Crippen LogP contribution in [0.3, 0.4) is 0 Å². The molecule has 0 bridgehead atoms. The fourth-order valence-corrected chi connectivity index (χ4v) is 4.82. The number of carbonyl (C=O) groups excluding carboxylic acids is 1. The lowest BCUT2D eigenvalue weighted by Crippen LogP contribution is -2.31. The summed E-state index contributed by atoms with van der Waals surface area (Å²) >= 11 is 0. The van der Waals surface area contributed by atoms with Gasteiger partial charge in [0.25, 0.3) is 5.91 Å². The van der Waals surface area contributed by atoms with Crippen molar-refractivity contribution in [3.63, 3.8) is 0 Å². The van der Waals surface area contributed by atoms with E-state index < -0.39 is 0 Å². The van der Waals surface area contributed by atoms with Crippen LogP contribution in [0.1, 0.15) is 66.7 Å². The van der Waals surface area contributed by atoms with E-state index in [4.69, 9.17) is 20.9 Å². The second-order valence-corrected chi connectivity index (χ2v) is 9.82. The molecule has 1 unspecified atom stereocenters. The number of anilines is 2. The van der Waals surface area contributed by atoms with Gasteiger partial charge in [-0.2, -0.15) is 10.1 Å². The van der Waals surface area contributed by atoms with Crippen LogP contribution in [-0.2, 0) is 17.6 Å². The first kappa shape index (κ1) is 28.4. The number of carbonyl (C=O) groups is 1. The summed E-state index contributed by atoms with van der Waals surface area (Å²) in [5.41, 5.74) is 18.4. The molecule has 0 aliphatic carbocycles. The third kappa shape index (κ3) is 6.14. The summed E-state index contributed by atoms with van der Waals surface area (Å²) in [5.74, 6) is 1.30. The summed E-state index contributed by atoms with van der Waals surface area (Å²) in [7, 11) is 3.14. The van der Waals surface area contributed by atoms with Gasteiger partial charge in [-0.15, -0.1) is 0 Å². The summed E-state index contributed by atoms with van der Waals surface area (Å²) in [6.07, 6.45) is 9.06. The number of aryl methyl sites for hydroxylation is 1. The Balaban J connectivity index is 1.69. The molecule has 9 heteroatoms. The SMILES string of the molecule is CCCc1nc(N)nc(N)c1Cc1cc(C=CC(=O)N2N=Cc3ccccc3C2C=C(C)C)c(OC)c(OC)c1. The molecular weight excluding hydrogens is 504 g/mol. The lowest BCUT2D eigenvalue weighted by Gasteiger charge is -2.29. The lowest BCUT2D eigenvalue weighted by atomic mass is 9.97. The average molecular weight is 541 g/mol. The van der Waals surface area contributed by atoms with Crippen LogP contribution in [0.2, 0.25) is 0 Å². The molecule has 1 aromatic heterocycles. The first-order chi connectivity index (χ1) is 19.2. The fourth-order valence-electron chi connectivity index (χ4n) is 4.82. The number of hydrogen-bond donors (Lipinski definition) is 2. The molecule has 0 saturated heterocycles. The predicted molar refractivity (Wildman–Crippen MR) is 159 cm³/mol. The summed E-state index contributed by atoms with van der Waals surface area (Å²) in [5, 5.41) is 5.97. The quantitative estimate of drug-likeness (QED) is 0.285. The minimum Gasteiger partial charge on any atom is -0.493 e. The van der Waals surface area contributed by atoms with E-state index in [0.29, 0.717) is 29.3 Å². The van der Waals surface area contributed by atoms with Gasteiger partial charge in [0.15, 0.2) is 11.5 Å². The number of ether oxygens (including phenoxy) is 2. The highest BCUT2D eigenvalue weighted by Gasteiger charge is 2.26. The van der Waals surface area contributed by atoms with Crippen molar-refractivity contribution in [2.45, 2.75) is 46.1 Å². The Morgan fingerprint density at radius 3 is 2.58 bits per heavy atom. The Bertz CT molecular complexity index is 1490. The molecule has 208 valence electrons. The molecular formula is C31H36N6O3. The predicted octanol–water partition coefficient (Wildman–Crippen LogP) is 5.10. The Hall–Kier alpha value is -4.66. The molecule has 4 rings (SSSR count). The standard InChI is InChI=1S/C31H36N6O3/c1-6-9-25-24(30(32)36-31(33)35-25)16-20-15-21(29(40-5)27(17-20)39-4)12-13-28(38)37-26(14-19(2)3)23-11-8-7-10-22(23)18-34-37/h7-8,10-15,17-18,26H,6,9,16H2,1-5H3,(H4,32,33,35,36). The summed E-state index contributed by atoms with van der Waals surface area (Å²) in [6.45, 7) is 6.08. The van der Waals surface area contributed by atoms with Gasteiger partial charge in [0.2, 0.25) is 5.95 Å². The largest absolute Gasteiger partial charge is 0.493 e. The number of benzene rings is 2. The van der Waals surface area contributed by atoms with Gasteiger partial charge >= 0.3 is 0 Å². The van der Waals surface area contributed by atoms with E-state index in [1.807, 2.05) is 56.3 Å². The van der Waals surface area contributed by atoms with Gasteiger partial charge in [0.05, 0.1) is 32.2 Å². The number of fused-ring (bicyclic) bond motifs is 1. The zero-order chi connectivity index (χ0) is 28.8. The molecule has 0 saturated carbocycles. The highest BCUT2D eigenvalue weighted by atomic mass is 16.5. The molecule has 4 N–H and O–H groups in total. The summed E-state index contributed by atoms with van der Waals surface area (Å²) in [4.78, 5) is 22.1. The molecule has 1 aliphatic rings. The van der Waals surface area contributed by atoms with E-state index in [-0.39, 0.29) is 17.9 Å². The van der Waals surface area contributed by atoms with Crippen molar-refractivity contribution in [3.05, 3.63) is 87.6 Å². The van der Waals surface area contributed by atoms with Crippen molar-refractivity contribution in [1.82, 2.24) is 15.0 Å². The third-order valence-electron chi connectivity index (χ3n) is 6.60. The molecule has 0 fully saturated rings. The molecule has 9 nitrogen and oxygen atoms in total. The van der Waals surface area contributed by atoms with E-state index in [1.165, 1.54) is 11.1 Å². The second kappa shape index (κ2) is 12.5. The first-order valence-electron chi connectivity index (χ1n) is 13.2. The monoisotopic (exact) mass is 540 g/mol. The number of hydrogen-bond acceptors (Lipinski definition) is 8. The Kier molecular flexibility index (Phi) is 8.83. The van der Waals surface area contributed by atoms with Crippen molar-refractivity contribution in [3.8, 4) is 11.5 Å². The minimum atomic E-state index is -0.309. The number of nitrogen functional groups attached to an aromatic ring is 2. The van der Waals surface area contributed by atoms with E-state index in [9.17, 15) is 4.79 Å². The molecule has 2 heterocycles. The van der Waals surface area contributed by atoms with Gasteiger partial charge in [-0.3, -0.25) is 4.79 Å². The normalized spacial score (nSPS) is 14.2. The van der Waals surface area contributed by atoms with Crippen LogP contribution in [0.15, 0.2) is 59.2 Å². The van der Waals surface area contributed by atoms with E-state index in [1.54, 1.807) is 26.5 Å². The number of nitrogens with two attached hydrogens (primary N) is 2. The highest BCUT2D eigenvalue weighted by Crippen LogP contribution is 2.36. The van der Waals surface area contributed by atoms with Gasteiger partial charge < -0.3 is 20.9 Å². The highest BCUT2D eigenvalue weighted by molar-refractivity contribution is 5.95. The van der Waals surface area contributed by atoms with Crippen molar-refractivity contribution in [1.29, 1.82) is 0 Å². The Morgan fingerprint density at radius 2 is 1.88 bits per heavy atom. The van der Waals surface area contributed by atoms with Crippen LogP contribution < -0.4 is 20.9 Å². The number of nitrogens with zero attached hydrogens (tertiary/aromatic N) is 4. The van der Waals surface area contributed by atoms with Gasteiger partial charge in [-0.25, -0.2) is 9.99 Å². The van der Waals surface area contributed by atoms with Crippen molar-refractivity contribution in [2.75, 3.05) is 25.7 Å². The average Bonchev–Trinajstić information content (AvgIpc) is 2.93. The maximum absolute atomic E-state index is 13.5. The molecule has 3 aromatic rings. The number of hydrazone groups is 1. The van der Waals surface area contributed by atoms with Crippen molar-refractivity contribution in [2.24, 2.45) is 5.10 Å². The molecule has 1 aliphatic heterocycles. The number of amides is 1. The van der Waals surface area contributed by atoms with Crippen molar-refractivity contribution >= 4 is 30.0 Å². The molecule has 0 radical (unpaired) electrons. The van der Waals surface area contributed by atoms with Crippen LogP contribution >= 0.6 is 0 Å². The van der Waals surface area contributed by atoms with Crippen molar-refractivity contribution < 1.29 is 14.3 Å². The van der Waals surface area contributed by atoms with E-state index >= 15 is 0 Å². The van der Waals surface area contributed by atoms with E-state index in [0.717, 1.165) is 46.4 Å². The third-order valence-corrected chi connectivity index (χ3v) is 6.60. The Labute approximate surface area is 235 Å². The van der Waals surface area contributed by atoms with Gasteiger partial charge in [0.1, 0.15) is 5.82 Å². The molecule has 0 spiro atoms. The molecule has 1 atom stereocenters. The zero-order valence-electron chi connectivity index (χ0n) is 23.6. The van der Waals surface area contributed by atoms with Gasteiger partial charge in [-0.05, 0) is 49.6 Å². The zero-order valence-corrected chi connectivity index (χ0v) is 23.6. The Morgan fingerprint density at radius 1 is 1.10 bits per heavy atom. The smallest absolute Gasteiger partial charge is 0.267 e. The van der Waals surface area contributed by atoms with E-state index in [2.05, 4.69) is 22.0 Å². The molecule has 40 heavy (non-hydrogen) atoms. The minimum absolute atomic E-state index is 0.161. The topological polar surface area (TPSA) is 129 Å². The van der Waals surface area contributed by atoms with Gasteiger partial charge in [0, 0.05) is 29.2 Å². The molecule has 1 amide bonds. The van der Waals surface area contributed by atoms with Crippen LogP contribution in [-0.4, -0.2) is 41.3 Å². The number of aromatic nitrogens is 2. The number of allylic oxidation sites excluding steroid dienone is 1. The maximum Gasteiger partial charge on any atom is 0.267 e.